The number of rotatable bonds is 7. The molecular weight excluding hydrogens is 480 g/mol. The maximum atomic E-state index is 13.2. The van der Waals surface area contributed by atoms with Crippen molar-refractivity contribution in [3.63, 3.8) is 0 Å². The Kier molecular flexibility index (Phi) is 7.96. The van der Waals surface area contributed by atoms with E-state index in [0.29, 0.717) is 11.9 Å². The molecule has 0 unspecified atom stereocenters. The summed E-state index contributed by atoms with van der Waals surface area (Å²) in [5, 5.41) is 4.56. The van der Waals surface area contributed by atoms with Crippen LogP contribution in [0.4, 0.5) is 18.9 Å². The van der Waals surface area contributed by atoms with Gasteiger partial charge in [-0.25, -0.2) is 0 Å². The van der Waals surface area contributed by atoms with Crippen LogP contribution in [0.1, 0.15) is 31.4 Å². The molecule has 0 saturated heterocycles. The van der Waals surface area contributed by atoms with E-state index in [1.807, 2.05) is 0 Å². The number of nitrogens with zero attached hydrogens (tertiary/aromatic N) is 2. The number of sulfonamides is 1. The van der Waals surface area contributed by atoms with E-state index in [-0.39, 0.29) is 33.6 Å². The van der Waals surface area contributed by atoms with Gasteiger partial charge < -0.3 is 4.84 Å². The number of carbonyl (C=O) groups is 1. The van der Waals surface area contributed by atoms with Gasteiger partial charge in [0, 0.05) is 22.5 Å². The Bertz CT molecular complexity index is 1090. The van der Waals surface area contributed by atoms with Crippen LogP contribution in [-0.2, 0) is 26.3 Å². The number of hydrogen-bond donors (Lipinski definition) is 0. The van der Waals surface area contributed by atoms with Gasteiger partial charge in [0.05, 0.1) is 11.4 Å². The standard InChI is InChI=1S/C19H17Cl2F3N2O4S/c1-3-17(25-30-11-13-4-6-14(20)7-5-13)16-10-15(21)8-9-18(16)26(12(2)27)31(28,29)19(22,23)24/h4-10H,3,11H2,1-2H3/b25-17+. The molecule has 0 aliphatic rings. The number of hydrogen-bond acceptors (Lipinski definition) is 5. The summed E-state index contributed by atoms with van der Waals surface area (Å²) >= 11 is 11.8. The number of amides is 1. The molecule has 2 rings (SSSR count). The summed E-state index contributed by atoms with van der Waals surface area (Å²) in [4.78, 5) is 17.2. The maximum absolute atomic E-state index is 13.2. The molecule has 2 aromatic carbocycles. The van der Waals surface area contributed by atoms with Crippen LogP contribution in [-0.4, -0.2) is 25.5 Å². The lowest BCUT2D eigenvalue weighted by molar-refractivity contribution is -0.115. The number of carbonyl (C=O) groups excluding carboxylic acids is 1. The normalized spacial score (nSPS) is 12.5. The molecule has 0 saturated carbocycles. The van der Waals surface area contributed by atoms with Crippen molar-refractivity contribution in [1.82, 2.24) is 0 Å². The molecule has 0 aliphatic carbocycles. The maximum Gasteiger partial charge on any atom is 0.517 e. The highest BCUT2D eigenvalue weighted by molar-refractivity contribution is 7.94. The molecule has 168 valence electrons. The topological polar surface area (TPSA) is 76.0 Å². The number of alkyl halides is 3. The van der Waals surface area contributed by atoms with Crippen LogP contribution in [0, 0.1) is 0 Å². The van der Waals surface area contributed by atoms with Crippen molar-refractivity contribution in [1.29, 1.82) is 0 Å². The first-order valence-corrected chi connectivity index (χ1v) is 10.9. The summed E-state index contributed by atoms with van der Waals surface area (Å²) in [6.07, 6.45) is 0.145. The van der Waals surface area contributed by atoms with Crippen LogP contribution < -0.4 is 4.31 Å². The molecule has 0 fully saturated rings. The van der Waals surface area contributed by atoms with E-state index in [9.17, 15) is 26.4 Å². The molecule has 0 N–H and O–H groups in total. The average Bonchev–Trinajstić information content (AvgIpc) is 2.67. The van der Waals surface area contributed by atoms with Gasteiger partial charge in [0.25, 0.3) is 0 Å². The Morgan fingerprint density at radius 1 is 1.10 bits per heavy atom. The van der Waals surface area contributed by atoms with Crippen molar-refractivity contribution >= 4 is 50.5 Å². The number of benzene rings is 2. The average molecular weight is 497 g/mol. The molecule has 0 aliphatic heterocycles. The molecule has 6 nitrogen and oxygen atoms in total. The third-order valence-corrected chi connectivity index (χ3v) is 5.97. The Balaban J connectivity index is 2.50. The Morgan fingerprint density at radius 2 is 1.68 bits per heavy atom. The predicted molar refractivity (Wildman–Crippen MR) is 113 cm³/mol. The monoisotopic (exact) mass is 496 g/mol. The fraction of sp³-hybridized carbons (Fsp3) is 0.263. The second kappa shape index (κ2) is 9.88. The zero-order valence-corrected chi connectivity index (χ0v) is 18.6. The van der Waals surface area contributed by atoms with Crippen LogP contribution in [0.5, 0.6) is 0 Å². The minimum Gasteiger partial charge on any atom is -0.391 e. The molecule has 2 aromatic rings. The van der Waals surface area contributed by atoms with Gasteiger partial charge in [-0.2, -0.15) is 25.9 Å². The van der Waals surface area contributed by atoms with Gasteiger partial charge in [-0.3, -0.25) is 4.79 Å². The molecule has 0 aromatic heterocycles. The van der Waals surface area contributed by atoms with Crippen LogP contribution in [0.3, 0.4) is 0 Å². The largest absolute Gasteiger partial charge is 0.517 e. The van der Waals surface area contributed by atoms with E-state index in [0.717, 1.165) is 11.6 Å². The molecule has 0 radical (unpaired) electrons. The summed E-state index contributed by atoms with van der Waals surface area (Å²) in [5.74, 6) is -1.35. The fourth-order valence-electron chi connectivity index (χ4n) is 2.56. The molecule has 31 heavy (non-hydrogen) atoms. The molecule has 12 heteroatoms. The van der Waals surface area contributed by atoms with Gasteiger partial charge in [0.2, 0.25) is 5.91 Å². The van der Waals surface area contributed by atoms with Crippen LogP contribution in [0.2, 0.25) is 10.0 Å². The summed E-state index contributed by atoms with van der Waals surface area (Å²) in [6.45, 7) is 2.36. The van der Waals surface area contributed by atoms with Gasteiger partial charge >= 0.3 is 15.5 Å². The Morgan fingerprint density at radius 3 is 2.19 bits per heavy atom. The first-order chi connectivity index (χ1) is 14.4. The summed E-state index contributed by atoms with van der Waals surface area (Å²) in [6, 6.07) is 10.1. The van der Waals surface area contributed by atoms with Gasteiger partial charge in [0.15, 0.2) is 0 Å². The van der Waals surface area contributed by atoms with Gasteiger partial charge in [-0.05, 0) is 42.3 Å². The SMILES string of the molecule is CC/C(=N\OCc1ccc(Cl)cc1)c1cc(Cl)ccc1N(C(C)=O)S(=O)(=O)C(F)(F)F. The Hall–Kier alpha value is -2.30. The summed E-state index contributed by atoms with van der Waals surface area (Å²) < 4.78 is 63.3. The number of anilines is 1. The smallest absolute Gasteiger partial charge is 0.391 e. The van der Waals surface area contributed by atoms with E-state index in [1.165, 1.54) is 12.1 Å². The minimum absolute atomic E-state index is 0.0217. The summed E-state index contributed by atoms with van der Waals surface area (Å²) in [5.41, 5.74) is -5.50. The third kappa shape index (κ3) is 5.90. The van der Waals surface area contributed by atoms with Crippen molar-refractivity contribution in [2.75, 3.05) is 4.31 Å². The highest BCUT2D eigenvalue weighted by Gasteiger charge is 2.52. The van der Waals surface area contributed by atoms with Crippen molar-refractivity contribution < 1.29 is 31.2 Å². The molecule has 0 spiro atoms. The van der Waals surface area contributed by atoms with Gasteiger partial charge in [0.1, 0.15) is 6.61 Å². The zero-order valence-electron chi connectivity index (χ0n) is 16.3. The lowest BCUT2D eigenvalue weighted by atomic mass is 10.1. The van der Waals surface area contributed by atoms with E-state index in [1.54, 1.807) is 31.2 Å². The molecule has 0 bridgehead atoms. The quantitative estimate of drug-likeness (QED) is 0.373. The first kappa shape index (κ1) is 25.0. The predicted octanol–water partition coefficient (Wildman–Crippen LogP) is 5.53. The van der Waals surface area contributed by atoms with Gasteiger partial charge in [-0.15, -0.1) is 0 Å². The number of halogens is 5. The van der Waals surface area contributed by atoms with Crippen LogP contribution in [0.25, 0.3) is 0 Å². The van der Waals surface area contributed by atoms with Crippen LogP contribution >= 0.6 is 23.2 Å². The second-order valence-electron chi connectivity index (χ2n) is 6.19. The molecule has 0 heterocycles. The fourth-order valence-corrected chi connectivity index (χ4v) is 3.82. The van der Waals surface area contributed by atoms with E-state index in [4.69, 9.17) is 28.0 Å². The van der Waals surface area contributed by atoms with Crippen molar-refractivity contribution in [3.05, 3.63) is 63.6 Å². The zero-order chi connectivity index (χ0) is 23.4. The Labute approximate surface area is 187 Å². The van der Waals surface area contributed by atoms with E-state index in [2.05, 4.69) is 5.16 Å². The molecular formula is C19H17Cl2F3N2O4S. The van der Waals surface area contributed by atoms with Crippen molar-refractivity contribution in [2.45, 2.75) is 32.4 Å². The molecule has 1 amide bonds. The minimum atomic E-state index is -6.00. The lowest BCUT2D eigenvalue weighted by Crippen LogP contribution is -2.44. The highest BCUT2D eigenvalue weighted by Crippen LogP contribution is 2.34. The molecule has 0 atom stereocenters. The van der Waals surface area contributed by atoms with E-state index >= 15 is 0 Å². The second-order valence-corrected chi connectivity index (χ2v) is 8.84. The lowest BCUT2D eigenvalue weighted by Gasteiger charge is -2.24. The first-order valence-electron chi connectivity index (χ1n) is 8.73. The van der Waals surface area contributed by atoms with Crippen molar-refractivity contribution in [3.8, 4) is 0 Å². The van der Waals surface area contributed by atoms with Crippen LogP contribution in [0.15, 0.2) is 47.6 Å². The van der Waals surface area contributed by atoms with Crippen molar-refractivity contribution in [2.24, 2.45) is 5.16 Å². The van der Waals surface area contributed by atoms with E-state index < -0.39 is 27.1 Å². The third-order valence-electron chi connectivity index (χ3n) is 3.96. The summed E-state index contributed by atoms with van der Waals surface area (Å²) in [7, 11) is -6.00. The highest BCUT2D eigenvalue weighted by atomic mass is 35.5. The van der Waals surface area contributed by atoms with Gasteiger partial charge in [-0.1, -0.05) is 47.4 Å². The number of oxime groups is 1.